The van der Waals surface area contributed by atoms with Crippen LogP contribution in [0.3, 0.4) is 0 Å². The zero-order chi connectivity index (χ0) is 26.6. The molecule has 0 unspecified atom stereocenters. The predicted molar refractivity (Wildman–Crippen MR) is 151 cm³/mol. The molecule has 3 amide bonds. The summed E-state index contributed by atoms with van der Waals surface area (Å²) in [6.45, 7) is 4.72. The molecule has 38 heavy (non-hydrogen) atoms. The number of rotatable bonds is 5. The molecule has 1 saturated heterocycles. The number of anilines is 4. The minimum Gasteiger partial charge on any atom is -0.355 e. The standard InChI is InChI=1S/C27H31BrN8O2/c1-29-25(37)21-5-3-4-6-23(21)32-24-22(28)16-30-26(33-24)31-20-8-7-19-17-36(10-9-18(19)15-20)27(38)35-13-11-34(2)12-14-35/h3-8,15-16H,9-14,17H2,1-2H3,(H,29,37)(H2,30,31,32,33). The zero-order valence-electron chi connectivity index (χ0n) is 21.5. The van der Waals surface area contributed by atoms with Gasteiger partial charge in [-0.25, -0.2) is 9.78 Å². The number of likely N-dealkylation sites (N-methyl/N-ethyl adjacent to an activating group) is 1. The molecule has 0 aliphatic carbocycles. The van der Waals surface area contributed by atoms with Crippen LogP contribution in [0.25, 0.3) is 0 Å². The van der Waals surface area contributed by atoms with Crippen molar-refractivity contribution < 1.29 is 9.59 Å². The van der Waals surface area contributed by atoms with Gasteiger partial charge in [0.1, 0.15) is 5.82 Å². The number of piperazine rings is 1. The minimum atomic E-state index is -0.186. The van der Waals surface area contributed by atoms with Crippen LogP contribution in [-0.4, -0.2) is 83.4 Å². The highest BCUT2D eigenvalue weighted by atomic mass is 79.9. The van der Waals surface area contributed by atoms with Gasteiger partial charge in [-0.15, -0.1) is 0 Å². The lowest BCUT2D eigenvalue weighted by molar-refractivity contribution is 0.0964. The van der Waals surface area contributed by atoms with Crippen LogP contribution < -0.4 is 16.0 Å². The molecule has 11 heteroatoms. The Hall–Kier alpha value is -3.70. The first-order valence-electron chi connectivity index (χ1n) is 12.6. The van der Waals surface area contributed by atoms with E-state index in [9.17, 15) is 9.59 Å². The van der Waals surface area contributed by atoms with E-state index in [2.05, 4.69) is 65.9 Å². The first-order chi connectivity index (χ1) is 18.4. The molecule has 2 aliphatic rings. The van der Waals surface area contributed by atoms with Crippen molar-refractivity contribution in [2.75, 3.05) is 57.5 Å². The molecule has 10 nitrogen and oxygen atoms in total. The summed E-state index contributed by atoms with van der Waals surface area (Å²) in [6, 6.07) is 13.5. The minimum absolute atomic E-state index is 0.132. The lowest BCUT2D eigenvalue weighted by Crippen LogP contribution is -2.52. The van der Waals surface area contributed by atoms with Crippen molar-refractivity contribution in [3.8, 4) is 0 Å². The first kappa shape index (κ1) is 25.9. The van der Waals surface area contributed by atoms with Crippen LogP contribution in [0.2, 0.25) is 0 Å². The van der Waals surface area contributed by atoms with Gasteiger partial charge in [0.25, 0.3) is 5.91 Å². The van der Waals surface area contributed by atoms with Crippen LogP contribution in [-0.2, 0) is 13.0 Å². The Labute approximate surface area is 230 Å². The van der Waals surface area contributed by atoms with E-state index in [0.717, 1.165) is 43.9 Å². The number of benzene rings is 2. The zero-order valence-corrected chi connectivity index (χ0v) is 23.1. The SMILES string of the molecule is CNC(=O)c1ccccc1Nc1nc(Nc2ccc3c(c2)CCN(C(=O)N2CCN(C)CC2)C3)ncc1Br. The predicted octanol–water partition coefficient (Wildman–Crippen LogP) is 3.81. The highest BCUT2D eigenvalue weighted by Gasteiger charge is 2.27. The number of hydrogen-bond acceptors (Lipinski definition) is 7. The summed E-state index contributed by atoms with van der Waals surface area (Å²) >= 11 is 3.50. The number of amides is 3. The van der Waals surface area contributed by atoms with Crippen molar-refractivity contribution in [3.05, 3.63) is 69.8 Å². The molecule has 0 bridgehead atoms. The largest absolute Gasteiger partial charge is 0.355 e. The number of para-hydroxylation sites is 1. The molecule has 198 valence electrons. The van der Waals surface area contributed by atoms with Gasteiger partial charge in [-0.3, -0.25) is 4.79 Å². The van der Waals surface area contributed by atoms with Crippen LogP contribution in [0.5, 0.6) is 0 Å². The third-order valence-electron chi connectivity index (χ3n) is 6.91. The van der Waals surface area contributed by atoms with Gasteiger partial charge in [0, 0.05) is 58.2 Å². The highest BCUT2D eigenvalue weighted by Crippen LogP contribution is 2.29. The fourth-order valence-corrected chi connectivity index (χ4v) is 4.98. The molecule has 0 radical (unpaired) electrons. The molecule has 2 aliphatic heterocycles. The molecule has 0 saturated carbocycles. The molecule has 0 spiro atoms. The van der Waals surface area contributed by atoms with Gasteiger partial charge >= 0.3 is 6.03 Å². The Morgan fingerprint density at radius 1 is 0.947 bits per heavy atom. The van der Waals surface area contributed by atoms with E-state index in [-0.39, 0.29) is 11.9 Å². The second kappa shape index (κ2) is 11.4. The summed E-state index contributed by atoms with van der Waals surface area (Å²) in [5.74, 6) is 0.778. The first-order valence-corrected chi connectivity index (χ1v) is 13.4. The number of carbonyl (C=O) groups is 2. The van der Waals surface area contributed by atoms with Crippen LogP contribution in [0, 0.1) is 0 Å². The van der Waals surface area contributed by atoms with E-state index < -0.39 is 0 Å². The summed E-state index contributed by atoms with van der Waals surface area (Å²) in [6.07, 6.45) is 2.47. The average Bonchev–Trinajstić information content (AvgIpc) is 2.94. The van der Waals surface area contributed by atoms with Gasteiger partial charge in [0.15, 0.2) is 0 Å². The van der Waals surface area contributed by atoms with E-state index in [1.165, 1.54) is 5.56 Å². The van der Waals surface area contributed by atoms with Gasteiger partial charge in [0.2, 0.25) is 5.95 Å². The molecule has 0 atom stereocenters. The third kappa shape index (κ3) is 5.73. The van der Waals surface area contributed by atoms with E-state index >= 15 is 0 Å². The Balaban J connectivity index is 1.27. The second-order valence-electron chi connectivity index (χ2n) is 9.49. The molecular formula is C27H31BrN8O2. The third-order valence-corrected chi connectivity index (χ3v) is 7.50. The number of nitrogens with one attached hydrogen (secondary N) is 3. The summed E-state index contributed by atoms with van der Waals surface area (Å²) in [5, 5.41) is 9.18. The Morgan fingerprint density at radius 2 is 1.74 bits per heavy atom. The Morgan fingerprint density at radius 3 is 2.53 bits per heavy atom. The smallest absolute Gasteiger partial charge is 0.320 e. The summed E-state index contributed by atoms with van der Waals surface area (Å²) in [4.78, 5) is 40.5. The monoisotopic (exact) mass is 578 g/mol. The maximum absolute atomic E-state index is 13.0. The van der Waals surface area contributed by atoms with Crippen molar-refractivity contribution in [2.45, 2.75) is 13.0 Å². The van der Waals surface area contributed by atoms with E-state index in [0.29, 0.717) is 40.6 Å². The van der Waals surface area contributed by atoms with Crippen LogP contribution in [0.4, 0.5) is 27.9 Å². The van der Waals surface area contributed by atoms with Crippen molar-refractivity contribution in [2.24, 2.45) is 0 Å². The van der Waals surface area contributed by atoms with Gasteiger partial charge < -0.3 is 30.7 Å². The average molecular weight is 580 g/mol. The van der Waals surface area contributed by atoms with Gasteiger partial charge in [0.05, 0.1) is 15.7 Å². The number of fused-ring (bicyclic) bond motifs is 1. The molecule has 2 aromatic carbocycles. The Kier molecular flexibility index (Phi) is 7.75. The summed E-state index contributed by atoms with van der Waals surface area (Å²) in [5.41, 5.74) is 4.41. The van der Waals surface area contributed by atoms with Crippen LogP contribution in [0.15, 0.2) is 53.1 Å². The number of aromatic nitrogens is 2. The van der Waals surface area contributed by atoms with E-state index in [4.69, 9.17) is 0 Å². The maximum atomic E-state index is 13.0. The van der Waals surface area contributed by atoms with Gasteiger partial charge in [-0.05, 0) is 64.8 Å². The molecule has 5 rings (SSSR count). The number of hydrogen-bond donors (Lipinski definition) is 3. The van der Waals surface area contributed by atoms with E-state index in [1.54, 1.807) is 19.3 Å². The van der Waals surface area contributed by atoms with Crippen LogP contribution in [0.1, 0.15) is 21.5 Å². The number of nitrogens with zero attached hydrogens (tertiary/aromatic N) is 5. The second-order valence-corrected chi connectivity index (χ2v) is 10.3. The molecule has 1 aromatic heterocycles. The van der Waals surface area contributed by atoms with Crippen molar-refractivity contribution >= 4 is 51.0 Å². The van der Waals surface area contributed by atoms with Crippen molar-refractivity contribution in [3.63, 3.8) is 0 Å². The van der Waals surface area contributed by atoms with Gasteiger partial charge in [-0.1, -0.05) is 18.2 Å². The normalized spacial score (nSPS) is 15.6. The topological polar surface area (TPSA) is 106 Å². The summed E-state index contributed by atoms with van der Waals surface area (Å²) < 4.78 is 0.672. The number of urea groups is 1. The molecular weight excluding hydrogens is 548 g/mol. The van der Waals surface area contributed by atoms with E-state index in [1.807, 2.05) is 34.1 Å². The lowest BCUT2D eigenvalue weighted by atomic mass is 9.99. The number of halogens is 1. The van der Waals surface area contributed by atoms with Crippen molar-refractivity contribution in [1.82, 2.24) is 30.0 Å². The summed E-state index contributed by atoms with van der Waals surface area (Å²) in [7, 11) is 3.69. The Bertz CT molecular complexity index is 1340. The molecule has 3 heterocycles. The van der Waals surface area contributed by atoms with Crippen molar-refractivity contribution in [1.29, 1.82) is 0 Å². The molecule has 3 N–H and O–H groups in total. The maximum Gasteiger partial charge on any atom is 0.320 e. The van der Waals surface area contributed by atoms with Gasteiger partial charge in [-0.2, -0.15) is 4.98 Å². The molecule has 1 fully saturated rings. The highest BCUT2D eigenvalue weighted by molar-refractivity contribution is 9.10. The fraction of sp³-hybridized carbons (Fsp3) is 0.333. The van der Waals surface area contributed by atoms with Crippen LogP contribution >= 0.6 is 15.9 Å². The number of carbonyl (C=O) groups excluding carboxylic acids is 2. The fourth-order valence-electron chi connectivity index (χ4n) is 4.69. The molecule has 3 aromatic rings. The quantitative estimate of drug-likeness (QED) is 0.422. The lowest BCUT2D eigenvalue weighted by Gasteiger charge is -2.38.